The molecule has 30 heavy (non-hydrogen) atoms. The van der Waals surface area contributed by atoms with Gasteiger partial charge in [-0.2, -0.15) is 8.42 Å². The van der Waals surface area contributed by atoms with E-state index in [0.29, 0.717) is 11.3 Å². The lowest BCUT2D eigenvalue weighted by atomic mass is 10.2. The van der Waals surface area contributed by atoms with Gasteiger partial charge in [0.05, 0.1) is 23.9 Å². The van der Waals surface area contributed by atoms with Gasteiger partial charge in [0, 0.05) is 11.8 Å². The highest BCUT2D eigenvalue weighted by Gasteiger charge is 2.21. The van der Waals surface area contributed by atoms with Crippen molar-refractivity contribution >= 4 is 21.7 Å². The summed E-state index contributed by atoms with van der Waals surface area (Å²) in [5, 5.41) is 8.26. The summed E-state index contributed by atoms with van der Waals surface area (Å²) < 4.78 is 41.2. The van der Waals surface area contributed by atoms with Crippen LogP contribution in [0.4, 0.5) is 0 Å². The van der Waals surface area contributed by atoms with E-state index >= 15 is 0 Å². The summed E-state index contributed by atoms with van der Waals surface area (Å²) in [6, 6.07) is 14.2. The highest BCUT2D eigenvalue weighted by Crippen LogP contribution is 2.32. The lowest BCUT2D eigenvalue weighted by Gasteiger charge is -2.08. The Labute approximate surface area is 177 Å². The molecular formula is C20H14ClN3O5S. The monoisotopic (exact) mass is 443 g/mol. The van der Waals surface area contributed by atoms with Gasteiger partial charge < -0.3 is 13.3 Å². The molecule has 152 valence electrons. The summed E-state index contributed by atoms with van der Waals surface area (Å²) in [5.41, 5.74) is 0.939. The fraction of sp³-hybridized carbons (Fsp3) is 0.0500. The van der Waals surface area contributed by atoms with E-state index in [4.69, 9.17) is 24.9 Å². The topological polar surface area (TPSA) is 104 Å². The highest BCUT2D eigenvalue weighted by molar-refractivity contribution is 7.87. The summed E-state index contributed by atoms with van der Waals surface area (Å²) >= 11 is 6.25. The van der Waals surface area contributed by atoms with E-state index in [1.807, 2.05) is 0 Å². The first-order valence-electron chi connectivity index (χ1n) is 8.58. The Bertz CT molecular complexity index is 1280. The minimum atomic E-state index is -4.12. The van der Waals surface area contributed by atoms with Crippen LogP contribution in [-0.2, 0) is 10.1 Å². The Kier molecular flexibility index (Phi) is 5.39. The average Bonchev–Trinajstić information content (AvgIpc) is 3.24. The molecule has 0 saturated heterocycles. The lowest BCUT2D eigenvalue weighted by Crippen LogP contribution is -2.10. The number of methoxy groups -OCH3 is 1. The Morgan fingerprint density at radius 3 is 2.43 bits per heavy atom. The molecule has 0 N–H and O–H groups in total. The zero-order chi connectivity index (χ0) is 21.1. The molecule has 2 aromatic heterocycles. The minimum Gasteiger partial charge on any atom is -0.497 e. The van der Waals surface area contributed by atoms with Crippen LogP contribution in [0.25, 0.3) is 22.9 Å². The van der Waals surface area contributed by atoms with Crippen LogP contribution in [0.15, 0.2) is 76.3 Å². The molecule has 0 spiro atoms. The van der Waals surface area contributed by atoms with Crippen molar-refractivity contribution in [2.75, 3.05) is 7.11 Å². The number of aromatic nitrogens is 3. The van der Waals surface area contributed by atoms with E-state index in [0.717, 1.165) is 0 Å². The molecule has 0 atom stereocenters. The van der Waals surface area contributed by atoms with E-state index in [1.54, 1.807) is 37.4 Å². The van der Waals surface area contributed by atoms with Gasteiger partial charge in [-0.3, -0.25) is 4.98 Å². The largest absolute Gasteiger partial charge is 0.497 e. The van der Waals surface area contributed by atoms with Crippen LogP contribution >= 0.6 is 11.6 Å². The molecule has 0 unspecified atom stereocenters. The van der Waals surface area contributed by atoms with Crippen molar-refractivity contribution in [3.05, 3.63) is 72.0 Å². The van der Waals surface area contributed by atoms with Gasteiger partial charge in [0.1, 0.15) is 10.6 Å². The van der Waals surface area contributed by atoms with Crippen molar-refractivity contribution in [3.63, 3.8) is 0 Å². The fourth-order valence-electron chi connectivity index (χ4n) is 2.58. The van der Waals surface area contributed by atoms with E-state index in [1.165, 1.54) is 36.7 Å². The molecule has 4 aromatic rings. The summed E-state index contributed by atoms with van der Waals surface area (Å²) in [7, 11) is -2.55. The fourth-order valence-corrected chi connectivity index (χ4v) is 3.72. The van der Waals surface area contributed by atoms with Crippen molar-refractivity contribution in [1.29, 1.82) is 0 Å². The second-order valence-corrected chi connectivity index (χ2v) is 7.96. The number of benzene rings is 2. The van der Waals surface area contributed by atoms with Crippen LogP contribution in [0.2, 0.25) is 5.02 Å². The second-order valence-electron chi connectivity index (χ2n) is 6.01. The maximum absolute atomic E-state index is 12.6. The Hall–Kier alpha value is -3.43. The zero-order valence-electron chi connectivity index (χ0n) is 15.5. The van der Waals surface area contributed by atoms with Gasteiger partial charge in [-0.25, -0.2) is 0 Å². The predicted molar refractivity (Wildman–Crippen MR) is 109 cm³/mol. The summed E-state index contributed by atoms with van der Waals surface area (Å²) in [6.45, 7) is 0. The first-order chi connectivity index (χ1) is 14.5. The van der Waals surface area contributed by atoms with Crippen LogP contribution in [-0.4, -0.2) is 30.7 Å². The van der Waals surface area contributed by atoms with Crippen molar-refractivity contribution in [2.45, 2.75) is 4.90 Å². The number of hydrogen-bond donors (Lipinski definition) is 0. The maximum atomic E-state index is 12.6. The Morgan fingerprint density at radius 1 is 0.967 bits per heavy atom. The summed E-state index contributed by atoms with van der Waals surface area (Å²) in [4.78, 5) is 3.72. The van der Waals surface area contributed by atoms with Gasteiger partial charge in [-0.15, -0.1) is 10.2 Å². The molecule has 0 radical (unpaired) electrons. The van der Waals surface area contributed by atoms with Crippen molar-refractivity contribution in [2.24, 2.45) is 0 Å². The molecule has 0 aliphatic carbocycles. The third-order valence-electron chi connectivity index (χ3n) is 4.06. The van der Waals surface area contributed by atoms with Crippen molar-refractivity contribution < 1.29 is 21.8 Å². The average molecular weight is 444 g/mol. The minimum absolute atomic E-state index is 0.0734. The quantitative estimate of drug-likeness (QED) is 0.408. The second kappa shape index (κ2) is 8.13. The molecular weight excluding hydrogens is 430 g/mol. The van der Waals surface area contributed by atoms with E-state index in [9.17, 15) is 8.42 Å². The highest BCUT2D eigenvalue weighted by atomic mass is 35.5. The molecule has 8 nitrogen and oxygen atoms in total. The molecule has 0 aliphatic rings. The van der Waals surface area contributed by atoms with Crippen LogP contribution in [0.3, 0.4) is 0 Å². The number of ether oxygens (including phenoxy) is 1. The number of rotatable bonds is 6. The van der Waals surface area contributed by atoms with Crippen LogP contribution in [0.1, 0.15) is 0 Å². The smallest absolute Gasteiger partial charge is 0.339 e. The SMILES string of the molecule is COc1ccc(-c2nnc(-c3cc(S(=O)(=O)Oc4cccnc4)ccc3Cl)o2)cc1. The van der Waals surface area contributed by atoms with Gasteiger partial charge in [0.15, 0.2) is 5.75 Å². The van der Waals surface area contributed by atoms with E-state index in [2.05, 4.69) is 15.2 Å². The van der Waals surface area contributed by atoms with Crippen LogP contribution in [0, 0.1) is 0 Å². The van der Waals surface area contributed by atoms with Crippen molar-refractivity contribution in [3.8, 4) is 34.4 Å². The molecule has 2 heterocycles. The van der Waals surface area contributed by atoms with E-state index in [-0.39, 0.29) is 33.0 Å². The number of hydrogen-bond acceptors (Lipinski definition) is 8. The molecule has 0 saturated carbocycles. The molecule has 10 heteroatoms. The van der Waals surface area contributed by atoms with Gasteiger partial charge >= 0.3 is 10.1 Å². The predicted octanol–water partition coefficient (Wildman–Crippen LogP) is 4.23. The summed E-state index contributed by atoms with van der Waals surface area (Å²) in [5.74, 6) is 1.11. The number of nitrogens with zero attached hydrogens (tertiary/aromatic N) is 3. The zero-order valence-corrected chi connectivity index (χ0v) is 17.1. The van der Waals surface area contributed by atoms with Gasteiger partial charge in [0.25, 0.3) is 0 Å². The van der Waals surface area contributed by atoms with Gasteiger partial charge in [-0.05, 0) is 54.6 Å². The third-order valence-corrected chi connectivity index (χ3v) is 5.63. The standard InChI is InChI=1S/C20H14ClN3O5S/c1-27-14-6-4-13(5-7-14)19-23-24-20(28-19)17-11-16(8-9-18(17)21)30(25,26)29-15-3-2-10-22-12-15/h2-12H,1H3. The molecule has 2 aromatic carbocycles. The van der Waals surface area contributed by atoms with Crippen LogP contribution in [0.5, 0.6) is 11.5 Å². The first-order valence-corrected chi connectivity index (χ1v) is 10.4. The Balaban J connectivity index is 1.66. The van der Waals surface area contributed by atoms with Crippen LogP contribution < -0.4 is 8.92 Å². The summed E-state index contributed by atoms with van der Waals surface area (Å²) in [6.07, 6.45) is 2.81. The molecule has 0 aliphatic heterocycles. The molecule has 0 bridgehead atoms. The van der Waals surface area contributed by atoms with Crippen molar-refractivity contribution in [1.82, 2.24) is 15.2 Å². The van der Waals surface area contributed by atoms with Gasteiger partial charge in [-0.1, -0.05) is 11.6 Å². The number of pyridine rings is 1. The Morgan fingerprint density at radius 2 is 1.73 bits per heavy atom. The normalized spacial score (nSPS) is 11.3. The number of halogens is 1. The molecule has 0 amide bonds. The van der Waals surface area contributed by atoms with Gasteiger partial charge in [0.2, 0.25) is 11.8 Å². The first kappa shape index (κ1) is 19.9. The molecule has 4 rings (SSSR count). The maximum Gasteiger partial charge on any atom is 0.339 e. The third kappa shape index (κ3) is 4.12. The molecule has 0 fully saturated rings. The lowest BCUT2D eigenvalue weighted by molar-refractivity contribution is 0.415. The van der Waals surface area contributed by atoms with E-state index < -0.39 is 10.1 Å².